The maximum Gasteiger partial charge on any atom is 0.276 e. The van der Waals surface area contributed by atoms with Crippen LogP contribution >= 0.6 is 23.2 Å². The van der Waals surface area contributed by atoms with E-state index in [-0.39, 0.29) is 26.1 Å². The number of hydrogen-bond acceptors (Lipinski definition) is 6. The molecule has 0 radical (unpaired) electrons. The van der Waals surface area contributed by atoms with Gasteiger partial charge in [0.05, 0.1) is 0 Å². The molecule has 0 heterocycles. The van der Waals surface area contributed by atoms with Gasteiger partial charge in [0.25, 0.3) is 11.8 Å². The fourth-order valence-electron chi connectivity index (χ4n) is 2.06. The molecular weight excluding hydrogens is 463 g/mol. The smallest absolute Gasteiger partial charge is 0.276 e. The minimum Gasteiger partial charge on any atom is -0.484 e. The van der Waals surface area contributed by atoms with E-state index in [4.69, 9.17) is 32.7 Å². The van der Waals surface area contributed by atoms with Crippen molar-refractivity contribution in [3.8, 4) is 11.5 Å². The van der Waals surface area contributed by atoms with E-state index in [2.05, 4.69) is 21.7 Å². The summed E-state index contributed by atoms with van der Waals surface area (Å²) in [7, 11) is 0. The summed E-state index contributed by atoms with van der Waals surface area (Å²) >= 11 is 11.5. The monoisotopic (exact) mass is 482 g/mol. The van der Waals surface area contributed by atoms with E-state index in [9.17, 15) is 19.2 Å². The maximum atomic E-state index is 11.7. The van der Waals surface area contributed by atoms with Crippen LogP contribution in [-0.2, 0) is 19.2 Å². The van der Waals surface area contributed by atoms with Gasteiger partial charge in [0.1, 0.15) is 11.5 Å². The number of benzene rings is 2. The second kappa shape index (κ2) is 13.0. The highest BCUT2D eigenvalue weighted by molar-refractivity contribution is 6.30. The van der Waals surface area contributed by atoms with Crippen LogP contribution in [0.3, 0.4) is 0 Å². The van der Waals surface area contributed by atoms with E-state index in [1.165, 1.54) is 0 Å². The van der Waals surface area contributed by atoms with Crippen LogP contribution in [0.25, 0.3) is 0 Å². The van der Waals surface area contributed by atoms with Gasteiger partial charge in [-0.3, -0.25) is 40.9 Å². The van der Waals surface area contributed by atoms with Crippen LogP contribution in [0.2, 0.25) is 10.0 Å². The molecule has 0 aliphatic carbocycles. The van der Waals surface area contributed by atoms with Crippen molar-refractivity contribution in [2.45, 2.75) is 12.8 Å². The van der Waals surface area contributed by atoms with E-state index >= 15 is 0 Å². The van der Waals surface area contributed by atoms with Gasteiger partial charge in [-0.25, -0.2) is 0 Å². The quantitative estimate of drug-likeness (QED) is 0.400. The Kier molecular flexibility index (Phi) is 10.1. The van der Waals surface area contributed by atoms with Gasteiger partial charge < -0.3 is 9.47 Å². The highest BCUT2D eigenvalue weighted by Crippen LogP contribution is 2.16. The molecule has 4 N–H and O–H groups in total. The fraction of sp³-hybridized carbons (Fsp3) is 0.200. The van der Waals surface area contributed by atoms with E-state index < -0.39 is 23.6 Å². The third-order valence-electron chi connectivity index (χ3n) is 3.63. The molecule has 32 heavy (non-hydrogen) atoms. The zero-order valence-electron chi connectivity index (χ0n) is 16.7. The lowest BCUT2D eigenvalue weighted by Gasteiger charge is -2.10. The lowest BCUT2D eigenvalue weighted by Crippen LogP contribution is -2.45. The molecule has 0 aliphatic heterocycles. The first-order valence-corrected chi connectivity index (χ1v) is 9.99. The van der Waals surface area contributed by atoms with Gasteiger partial charge in [-0.15, -0.1) is 0 Å². The topological polar surface area (TPSA) is 135 Å². The van der Waals surface area contributed by atoms with Crippen LogP contribution in [0.4, 0.5) is 0 Å². The fourth-order valence-corrected chi connectivity index (χ4v) is 2.31. The van der Waals surface area contributed by atoms with E-state index in [0.29, 0.717) is 21.5 Å². The summed E-state index contributed by atoms with van der Waals surface area (Å²) in [6.45, 7) is -0.654. The number of hydrogen-bond donors (Lipinski definition) is 4. The highest BCUT2D eigenvalue weighted by Gasteiger charge is 2.10. The molecule has 0 spiro atoms. The van der Waals surface area contributed by atoms with E-state index in [1.54, 1.807) is 48.5 Å². The summed E-state index contributed by atoms with van der Waals surface area (Å²) in [5, 5.41) is 1.06. The van der Waals surface area contributed by atoms with E-state index in [0.717, 1.165) is 0 Å². The van der Waals surface area contributed by atoms with Crippen molar-refractivity contribution in [3.05, 3.63) is 58.6 Å². The van der Waals surface area contributed by atoms with Gasteiger partial charge in [-0.05, 0) is 48.5 Å². The van der Waals surface area contributed by atoms with Gasteiger partial charge in [-0.2, -0.15) is 0 Å². The summed E-state index contributed by atoms with van der Waals surface area (Å²) in [5.74, 6) is -1.51. The summed E-state index contributed by atoms with van der Waals surface area (Å²) < 4.78 is 10.4. The second-order valence-corrected chi connectivity index (χ2v) is 7.05. The predicted octanol–water partition coefficient (Wildman–Crippen LogP) is 1.53. The first kappa shape index (κ1) is 24.8. The van der Waals surface area contributed by atoms with Crippen LogP contribution < -0.4 is 31.2 Å². The molecule has 0 aromatic heterocycles. The molecule has 2 aromatic rings. The summed E-state index contributed by atoms with van der Waals surface area (Å²) in [5.41, 5.74) is 8.62. The SMILES string of the molecule is O=C(CCC(=O)NNC(=O)COc1ccc(Cl)cc1)NNC(=O)COc1ccc(Cl)cc1. The molecule has 2 rings (SSSR count). The Morgan fingerprint density at radius 2 is 0.875 bits per heavy atom. The maximum absolute atomic E-state index is 11.7. The van der Waals surface area contributed by atoms with Crippen LogP contribution in [0, 0.1) is 0 Å². The van der Waals surface area contributed by atoms with Crippen molar-refractivity contribution in [3.63, 3.8) is 0 Å². The van der Waals surface area contributed by atoms with Gasteiger partial charge >= 0.3 is 0 Å². The standard InChI is InChI=1S/C20H20Cl2N4O6/c21-13-1-5-15(6-2-13)31-11-19(29)25-23-17(27)9-10-18(28)24-26-20(30)12-32-16-7-3-14(22)4-8-16/h1-8H,9-12H2,(H,23,27)(H,24,28)(H,25,29)(H,26,30). The van der Waals surface area contributed by atoms with Crippen LogP contribution in [-0.4, -0.2) is 36.8 Å². The Morgan fingerprint density at radius 1 is 0.562 bits per heavy atom. The number of ether oxygens (including phenoxy) is 2. The molecule has 12 heteroatoms. The van der Waals surface area contributed by atoms with Crippen molar-refractivity contribution in [1.29, 1.82) is 0 Å². The van der Waals surface area contributed by atoms with Gasteiger partial charge in [0, 0.05) is 22.9 Å². The van der Waals surface area contributed by atoms with Crippen molar-refractivity contribution in [2.24, 2.45) is 0 Å². The molecule has 0 bridgehead atoms. The van der Waals surface area contributed by atoms with Crippen molar-refractivity contribution < 1.29 is 28.7 Å². The Labute approximate surface area is 193 Å². The lowest BCUT2D eigenvalue weighted by molar-refractivity contribution is -0.132. The zero-order valence-corrected chi connectivity index (χ0v) is 18.2. The number of carbonyl (C=O) groups is 4. The molecule has 4 amide bonds. The average Bonchev–Trinajstić information content (AvgIpc) is 2.79. The average molecular weight is 483 g/mol. The summed E-state index contributed by atoms with van der Waals surface area (Å²) in [4.78, 5) is 46.7. The normalized spacial score (nSPS) is 9.94. The van der Waals surface area contributed by atoms with Crippen molar-refractivity contribution >= 4 is 46.8 Å². The molecule has 0 fully saturated rings. The molecule has 0 saturated heterocycles. The van der Waals surface area contributed by atoms with Crippen molar-refractivity contribution in [2.75, 3.05) is 13.2 Å². The minimum atomic E-state index is -0.600. The Morgan fingerprint density at radius 3 is 1.22 bits per heavy atom. The molecule has 170 valence electrons. The van der Waals surface area contributed by atoms with E-state index in [1.807, 2.05) is 0 Å². The predicted molar refractivity (Wildman–Crippen MR) is 116 cm³/mol. The third-order valence-corrected chi connectivity index (χ3v) is 4.13. The third kappa shape index (κ3) is 10.0. The van der Waals surface area contributed by atoms with Crippen LogP contribution in [0.5, 0.6) is 11.5 Å². The number of nitrogens with one attached hydrogen (secondary N) is 4. The molecule has 10 nitrogen and oxygen atoms in total. The van der Waals surface area contributed by atoms with Gasteiger partial charge in [-0.1, -0.05) is 23.2 Å². The molecule has 0 unspecified atom stereocenters. The summed E-state index contributed by atoms with van der Waals surface area (Å²) in [6, 6.07) is 12.8. The van der Waals surface area contributed by atoms with Crippen molar-refractivity contribution in [1.82, 2.24) is 21.7 Å². The number of halogens is 2. The number of hydrazine groups is 2. The molecule has 0 atom stereocenters. The second-order valence-electron chi connectivity index (χ2n) is 6.18. The Bertz CT molecular complexity index is 861. The van der Waals surface area contributed by atoms with Crippen LogP contribution in [0.15, 0.2) is 48.5 Å². The molecule has 2 aromatic carbocycles. The summed E-state index contributed by atoms with van der Waals surface area (Å²) in [6.07, 6.45) is -0.442. The molecular formula is C20H20Cl2N4O6. The first-order chi connectivity index (χ1) is 15.3. The number of rotatable bonds is 9. The lowest BCUT2D eigenvalue weighted by atomic mass is 10.3. The number of amides is 4. The molecule has 0 aliphatic rings. The number of carbonyl (C=O) groups excluding carboxylic acids is 4. The largest absolute Gasteiger partial charge is 0.484 e. The molecule has 0 saturated carbocycles. The minimum absolute atomic E-state index is 0.221. The van der Waals surface area contributed by atoms with Gasteiger partial charge in [0.2, 0.25) is 11.8 Å². The zero-order chi connectivity index (χ0) is 23.3. The first-order valence-electron chi connectivity index (χ1n) is 9.24. The Balaban J connectivity index is 1.54. The van der Waals surface area contributed by atoms with Gasteiger partial charge in [0.15, 0.2) is 13.2 Å². The van der Waals surface area contributed by atoms with Crippen LogP contribution in [0.1, 0.15) is 12.8 Å². The highest BCUT2D eigenvalue weighted by atomic mass is 35.5. The Hall–Kier alpha value is -3.50.